The van der Waals surface area contributed by atoms with E-state index in [2.05, 4.69) is 21.2 Å². The molecule has 2 nitrogen and oxygen atoms in total. The molecule has 3 aliphatic carbocycles. The quantitative estimate of drug-likeness (QED) is 0.777. The summed E-state index contributed by atoms with van der Waals surface area (Å²) in [6.45, 7) is 0.824. The highest BCUT2D eigenvalue weighted by molar-refractivity contribution is 9.09. The normalized spacial score (nSPS) is 37.1. The molecule has 3 fully saturated rings. The molecule has 3 heteroatoms. The minimum atomic E-state index is 0.285. The largest absolute Gasteiger partial charge is 0.355 e. The van der Waals surface area contributed by atoms with Gasteiger partial charge in [0.1, 0.15) is 0 Å². The molecule has 0 heterocycles. The molecule has 1 amide bonds. The zero-order valence-corrected chi connectivity index (χ0v) is 11.9. The number of carbonyl (C=O) groups excluding carboxylic acids is 1. The van der Waals surface area contributed by atoms with Crippen LogP contribution in [0.2, 0.25) is 0 Å². The van der Waals surface area contributed by atoms with E-state index in [-0.39, 0.29) is 5.91 Å². The Labute approximate surface area is 112 Å². The molecular formula is C14H22BrNO. The lowest BCUT2D eigenvalue weighted by molar-refractivity contribution is -0.122. The molecule has 1 N–H and O–H groups in total. The molecule has 0 aliphatic heterocycles. The van der Waals surface area contributed by atoms with Crippen LogP contribution in [0.3, 0.4) is 0 Å². The molecule has 0 aromatic rings. The topological polar surface area (TPSA) is 29.1 Å². The molecule has 3 rings (SSSR count). The first kappa shape index (κ1) is 12.0. The fraction of sp³-hybridized carbons (Fsp3) is 0.929. The summed E-state index contributed by atoms with van der Waals surface area (Å²) in [5, 5.41) is 3.10. The lowest BCUT2D eigenvalue weighted by Gasteiger charge is -2.21. The van der Waals surface area contributed by atoms with Gasteiger partial charge < -0.3 is 5.32 Å². The Morgan fingerprint density at radius 3 is 2.65 bits per heavy atom. The van der Waals surface area contributed by atoms with Crippen LogP contribution in [0, 0.1) is 23.7 Å². The maximum absolute atomic E-state index is 11.9. The number of fused-ring (bicyclic) bond motifs is 2. The SMILES string of the molecule is O=C(CC1CC2CCC1C2)NCC(Br)C1CC1. The Bertz CT molecular complexity index is 303. The zero-order chi connectivity index (χ0) is 11.8. The van der Waals surface area contributed by atoms with Crippen LogP contribution in [0.5, 0.6) is 0 Å². The van der Waals surface area contributed by atoms with Gasteiger partial charge in [-0.15, -0.1) is 0 Å². The molecule has 3 saturated carbocycles. The Morgan fingerprint density at radius 2 is 2.06 bits per heavy atom. The van der Waals surface area contributed by atoms with E-state index in [4.69, 9.17) is 0 Å². The third-order valence-electron chi connectivity index (χ3n) is 4.96. The van der Waals surface area contributed by atoms with Crippen molar-refractivity contribution >= 4 is 21.8 Å². The maximum Gasteiger partial charge on any atom is 0.220 e. The van der Waals surface area contributed by atoms with Crippen molar-refractivity contribution in [2.24, 2.45) is 23.7 Å². The van der Waals surface area contributed by atoms with Gasteiger partial charge >= 0.3 is 0 Å². The first-order chi connectivity index (χ1) is 8.22. The van der Waals surface area contributed by atoms with Crippen molar-refractivity contribution in [2.45, 2.75) is 49.8 Å². The van der Waals surface area contributed by atoms with E-state index >= 15 is 0 Å². The van der Waals surface area contributed by atoms with Crippen molar-refractivity contribution in [1.82, 2.24) is 5.32 Å². The first-order valence-electron chi connectivity index (χ1n) is 7.13. The molecule has 4 unspecified atom stereocenters. The van der Waals surface area contributed by atoms with Crippen molar-refractivity contribution in [3.63, 3.8) is 0 Å². The van der Waals surface area contributed by atoms with Gasteiger partial charge in [-0.1, -0.05) is 22.4 Å². The van der Waals surface area contributed by atoms with E-state index in [0.717, 1.165) is 30.7 Å². The van der Waals surface area contributed by atoms with Crippen molar-refractivity contribution in [3.05, 3.63) is 0 Å². The Kier molecular flexibility index (Phi) is 3.47. The van der Waals surface area contributed by atoms with Gasteiger partial charge in [-0.2, -0.15) is 0 Å². The molecule has 0 saturated heterocycles. The number of hydrogen-bond acceptors (Lipinski definition) is 1. The second kappa shape index (κ2) is 4.91. The lowest BCUT2D eigenvalue weighted by Crippen LogP contribution is -2.32. The molecule has 96 valence electrons. The number of halogens is 1. The highest BCUT2D eigenvalue weighted by atomic mass is 79.9. The van der Waals surface area contributed by atoms with Crippen LogP contribution in [-0.2, 0) is 4.79 Å². The second-order valence-electron chi connectivity index (χ2n) is 6.30. The third-order valence-corrected chi connectivity index (χ3v) is 6.03. The van der Waals surface area contributed by atoms with E-state index in [1.165, 1.54) is 38.5 Å². The molecule has 0 spiro atoms. The van der Waals surface area contributed by atoms with Gasteiger partial charge in [0.15, 0.2) is 0 Å². The van der Waals surface area contributed by atoms with E-state index in [1.54, 1.807) is 0 Å². The number of carbonyl (C=O) groups is 1. The van der Waals surface area contributed by atoms with Crippen LogP contribution in [0.1, 0.15) is 44.9 Å². The van der Waals surface area contributed by atoms with Gasteiger partial charge in [0.2, 0.25) is 5.91 Å². The van der Waals surface area contributed by atoms with Crippen molar-refractivity contribution in [1.29, 1.82) is 0 Å². The minimum Gasteiger partial charge on any atom is -0.355 e. The second-order valence-corrected chi connectivity index (χ2v) is 7.47. The molecule has 0 radical (unpaired) electrons. The number of rotatable bonds is 5. The molecule has 0 aromatic heterocycles. The van der Waals surface area contributed by atoms with E-state index in [9.17, 15) is 4.79 Å². The van der Waals surface area contributed by atoms with Crippen LogP contribution in [0.25, 0.3) is 0 Å². The molecule has 17 heavy (non-hydrogen) atoms. The zero-order valence-electron chi connectivity index (χ0n) is 10.3. The average molecular weight is 300 g/mol. The fourth-order valence-corrected chi connectivity index (χ4v) is 4.46. The number of nitrogens with one attached hydrogen (secondary N) is 1. The number of hydrogen-bond donors (Lipinski definition) is 1. The number of alkyl halides is 1. The smallest absolute Gasteiger partial charge is 0.220 e. The number of amides is 1. The molecule has 0 aromatic carbocycles. The summed E-state index contributed by atoms with van der Waals surface area (Å²) in [5.74, 6) is 3.62. The minimum absolute atomic E-state index is 0.285. The Hall–Kier alpha value is -0.0500. The first-order valence-corrected chi connectivity index (χ1v) is 8.04. The summed E-state index contributed by atoms with van der Waals surface area (Å²) in [6, 6.07) is 0. The lowest BCUT2D eigenvalue weighted by atomic mass is 9.86. The van der Waals surface area contributed by atoms with Crippen LogP contribution in [-0.4, -0.2) is 17.3 Å². The highest BCUT2D eigenvalue weighted by Gasteiger charge is 2.40. The van der Waals surface area contributed by atoms with E-state index in [1.807, 2.05) is 0 Å². The summed E-state index contributed by atoms with van der Waals surface area (Å²) in [6.07, 6.45) is 8.97. The maximum atomic E-state index is 11.9. The van der Waals surface area contributed by atoms with Crippen molar-refractivity contribution in [3.8, 4) is 0 Å². The Morgan fingerprint density at radius 1 is 1.24 bits per heavy atom. The molecule has 3 aliphatic rings. The van der Waals surface area contributed by atoms with Crippen LogP contribution < -0.4 is 5.32 Å². The van der Waals surface area contributed by atoms with E-state index in [0.29, 0.717) is 10.7 Å². The van der Waals surface area contributed by atoms with Gasteiger partial charge in [0.25, 0.3) is 0 Å². The van der Waals surface area contributed by atoms with Gasteiger partial charge in [-0.3, -0.25) is 4.79 Å². The van der Waals surface area contributed by atoms with Gasteiger partial charge in [0, 0.05) is 17.8 Å². The van der Waals surface area contributed by atoms with Gasteiger partial charge in [0.05, 0.1) is 0 Å². The van der Waals surface area contributed by atoms with Gasteiger partial charge in [-0.05, 0) is 55.8 Å². The monoisotopic (exact) mass is 299 g/mol. The van der Waals surface area contributed by atoms with Gasteiger partial charge in [-0.25, -0.2) is 0 Å². The standard InChI is InChI=1S/C14H22BrNO/c15-13(10-3-4-10)8-16-14(17)7-12-6-9-1-2-11(12)5-9/h9-13H,1-8H2,(H,16,17). The summed E-state index contributed by atoms with van der Waals surface area (Å²) in [4.78, 5) is 12.4. The summed E-state index contributed by atoms with van der Waals surface area (Å²) in [7, 11) is 0. The van der Waals surface area contributed by atoms with E-state index < -0.39 is 0 Å². The van der Waals surface area contributed by atoms with Crippen molar-refractivity contribution < 1.29 is 4.79 Å². The van der Waals surface area contributed by atoms with Crippen molar-refractivity contribution in [2.75, 3.05) is 6.54 Å². The average Bonchev–Trinajstić information content (AvgIpc) is 2.97. The fourth-order valence-electron chi connectivity index (χ4n) is 3.77. The third kappa shape index (κ3) is 2.86. The van der Waals surface area contributed by atoms with Crippen LogP contribution in [0.4, 0.5) is 0 Å². The summed E-state index contributed by atoms with van der Waals surface area (Å²) < 4.78 is 0. The highest BCUT2D eigenvalue weighted by Crippen LogP contribution is 2.49. The predicted octanol–water partition coefficient (Wildman–Crippen LogP) is 3.10. The van der Waals surface area contributed by atoms with Crippen LogP contribution in [0.15, 0.2) is 0 Å². The van der Waals surface area contributed by atoms with Crippen LogP contribution >= 0.6 is 15.9 Å². The predicted molar refractivity (Wildman–Crippen MR) is 72.0 cm³/mol. The Balaban J connectivity index is 1.38. The molecular weight excluding hydrogens is 278 g/mol. The molecule has 4 atom stereocenters. The summed E-state index contributed by atoms with van der Waals surface area (Å²) >= 11 is 3.66. The summed E-state index contributed by atoms with van der Waals surface area (Å²) in [5.41, 5.74) is 0. The molecule has 2 bridgehead atoms.